The second kappa shape index (κ2) is 4.44. The lowest BCUT2D eigenvalue weighted by molar-refractivity contribution is 0.668. The van der Waals surface area contributed by atoms with Gasteiger partial charge < -0.3 is 5.32 Å². The molecule has 0 aliphatic rings. The maximum atomic E-state index is 4.30. The van der Waals surface area contributed by atoms with Crippen molar-refractivity contribution in [1.29, 1.82) is 0 Å². The largest absolute Gasteiger partial charge is 0.362 e. The van der Waals surface area contributed by atoms with Gasteiger partial charge in [0.05, 0.1) is 10.6 Å². The lowest BCUT2D eigenvalue weighted by Gasteiger charge is -2.00. The number of aromatic nitrogens is 3. The van der Waals surface area contributed by atoms with Crippen LogP contribution in [-0.2, 0) is 6.54 Å². The van der Waals surface area contributed by atoms with Crippen molar-refractivity contribution in [2.45, 2.75) is 20.4 Å². The number of thiazole rings is 1. The predicted octanol–water partition coefficient (Wildman–Crippen LogP) is 2.46. The summed E-state index contributed by atoms with van der Waals surface area (Å²) in [6.45, 7) is 5.94. The summed E-state index contributed by atoms with van der Waals surface area (Å²) in [6.07, 6.45) is 3.72. The number of aryl methyl sites for hydroxylation is 1. The summed E-state index contributed by atoms with van der Waals surface area (Å²) in [5, 5.41) is 8.42. The summed E-state index contributed by atoms with van der Waals surface area (Å²) >= 11 is 1.66. The zero-order valence-electron chi connectivity index (χ0n) is 8.90. The number of hydrogen-bond acceptors (Lipinski definition) is 4. The molecular weight excluding hydrogens is 208 g/mol. The molecule has 0 aliphatic carbocycles. The first kappa shape index (κ1) is 10.2. The summed E-state index contributed by atoms with van der Waals surface area (Å²) in [5.41, 5.74) is 1.14. The molecule has 0 atom stereocenters. The van der Waals surface area contributed by atoms with Gasteiger partial charge in [-0.2, -0.15) is 5.10 Å². The van der Waals surface area contributed by atoms with Gasteiger partial charge in [-0.1, -0.05) is 11.3 Å². The summed E-state index contributed by atoms with van der Waals surface area (Å²) in [5.74, 6) is 0. The van der Waals surface area contributed by atoms with E-state index in [9.17, 15) is 0 Å². The topological polar surface area (TPSA) is 42.7 Å². The lowest BCUT2D eigenvalue weighted by Crippen LogP contribution is -1.97. The molecule has 2 aromatic rings. The van der Waals surface area contributed by atoms with E-state index in [0.717, 1.165) is 28.8 Å². The van der Waals surface area contributed by atoms with Gasteiger partial charge in [0.2, 0.25) is 0 Å². The molecule has 0 saturated carbocycles. The van der Waals surface area contributed by atoms with E-state index in [0.29, 0.717) is 0 Å². The highest BCUT2D eigenvalue weighted by molar-refractivity contribution is 7.18. The molecule has 15 heavy (non-hydrogen) atoms. The van der Waals surface area contributed by atoms with Crippen LogP contribution in [0.25, 0.3) is 10.6 Å². The Hall–Kier alpha value is -1.36. The average molecular weight is 222 g/mol. The molecule has 4 nitrogen and oxygen atoms in total. The van der Waals surface area contributed by atoms with Crippen molar-refractivity contribution in [1.82, 2.24) is 14.8 Å². The molecule has 5 heteroatoms. The van der Waals surface area contributed by atoms with Crippen LogP contribution in [0, 0.1) is 0 Å². The van der Waals surface area contributed by atoms with E-state index in [1.807, 2.05) is 23.1 Å². The first-order valence-corrected chi connectivity index (χ1v) is 5.88. The highest BCUT2D eigenvalue weighted by atomic mass is 32.1. The Labute approximate surface area is 93.0 Å². The fraction of sp³-hybridized carbons (Fsp3) is 0.400. The van der Waals surface area contributed by atoms with Crippen molar-refractivity contribution in [2.24, 2.45) is 0 Å². The first-order valence-electron chi connectivity index (χ1n) is 5.07. The fourth-order valence-corrected chi connectivity index (χ4v) is 2.33. The van der Waals surface area contributed by atoms with Gasteiger partial charge in [0, 0.05) is 25.5 Å². The van der Waals surface area contributed by atoms with Crippen LogP contribution in [0.15, 0.2) is 18.5 Å². The Morgan fingerprint density at radius 2 is 2.33 bits per heavy atom. The number of nitrogens with one attached hydrogen (secondary N) is 1. The Balaban J connectivity index is 2.28. The highest BCUT2D eigenvalue weighted by Crippen LogP contribution is 2.28. The quantitative estimate of drug-likeness (QED) is 0.864. The minimum atomic E-state index is 0.886. The molecule has 0 unspecified atom stereocenters. The number of anilines is 1. The zero-order valence-corrected chi connectivity index (χ0v) is 9.71. The molecule has 0 amide bonds. The second-order valence-electron chi connectivity index (χ2n) is 3.09. The van der Waals surface area contributed by atoms with Gasteiger partial charge in [0.1, 0.15) is 0 Å². The van der Waals surface area contributed by atoms with E-state index in [1.165, 1.54) is 0 Å². The van der Waals surface area contributed by atoms with Crippen molar-refractivity contribution in [2.75, 3.05) is 11.9 Å². The smallest absolute Gasteiger partial charge is 0.183 e. The minimum Gasteiger partial charge on any atom is -0.362 e. The molecule has 0 fully saturated rings. The molecular formula is C10H14N4S. The van der Waals surface area contributed by atoms with Crippen LogP contribution in [0.1, 0.15) is 13.8 Å². The molecule has 0 aromatic carbocycles. The lowest BCUT2D eigenvalue weighted by atomic mass is 10.4. The summed E-state index contributed by atoms with van der Waals surface area (Å²) in [7, 11) is 0. The van der Waals surface area contributed by atoms with Crippen LogP contribution in [0.4, 0.5) is 5.13 Å². The highest BCUT2D eigenvalue weighted by Gasteiger charge is 2.07. The SMILES string of the molecule is CCNc1ncc(-c2ccnn2CC)s1. The molecule has 0 aliphatic heterocycles. The Kier molecular flexibility index (Phi) is 3.01. The Bertz CT molecular complexity index is 432. The van der Waals surface area contributed by atoms with Gasteiger partial charge in [0.15, 0.2) is 5.13 Å². The van der Waals surface area contributed by atoms with E-state index in [-0.39, 0.29) is 0 Å². The van der Waals surface area contributed by atoms with Crippen molar-refractivity contribution in [3.63, 3.8) is 0 Å². The first-order chi connectivity index (χ1) is 7.35. The monoisotopic (exact) mass is 222 g/mol. The van der Waals surface area contributed by atoms with Gasteiger partial charge in [-0.05, 0) is 19.9 Å². The molecule has 80 valence electrons. The van der Waals surface area contributed by atoms with Crippen molar-refractivity contribution in [3.8, 4) is 10.6 Å². The molecule has 0 bridgehead atoms. The average Bonchev–Trinajstić information content (AvgIpc) is 2.84. The van der Waals surface area contributed by atoms with Crippen molar-refractivity contribution >= 4 is 16.5 Å². The molecule has 1 N–H and O–H groups in total. The van der Waals surface area contributed by atoms with Gasteiger partial charge in [-0.3, -0.25) is 4.68 Å². The maximum Gasteiger partial charge on any atom is 0.183 e. The summed E-state index contributed by atoms with van der Waals surface area (Å²) < 4.78 is 1.98. The van der Waals surface area contributed by atoms with Gasteiger partial charge in [0.25, 0.3) is 0 Å². The maximum absolute atomic E-state index is 4.30. The predicted molar refractivity (Wildman–Crippen MR) is 63.2 cm³/mol. The third-order valence-corrected chi connectivity index (χ3v) is 3.08. The molecule has 0 spiro atoms. The molecule has 0 saturated heterocycles. The van der Waals surface area contributed by atoms with E-state index in [4.69, 9.17) is 0 Å². The van der Waals surface area contributed by atoms with Crippen LogP contribution >= 0.6 is 11.3 Å². The summed E-state index contributed by atoms with van der Waals surface area (Å²) in [6, 6.07) is 2.02. The molecule has 2 aromatic heterocycles. The van der Waals surface area contributed by atoms with Crippen LogP contribution in [-0.4, -0.2) is 21.3 Å². The van der Waals surface area contributed by atoms with E-state index in [2.05, 4.69) is 29.2 Å². The minimum absolute atomic E-state index is 0.886. The summed E-state index contributed by atoms with van der Waals surface area (Å²) in [4.78, 5) is 5.46. The Morgan fingerprint density at radius 3 is 3.07 bits per heavy atom. The third kappa shape index (κ3) is 2.02. The standard InChI is InChI=1S/C10H14N4S/c1-3-11-10-12-7-9(15-10)8-5-6-13-14(8)4-2/h5-7H,3-4H2,1-2H3,(H,11,12). The second-order valence-corrected chi connectivity index (χ2v) is 4.12. The van der Waals surface area contributed by atoms with Gasteiger partial charge >= 0.3 is 0 Å². The normalized spacial score (nSPS) is 10.5. The number of rotatable bonds is 4. The Morgan fingerprint density at radius 1 is 1.47 bits per heavy atom. The van der Waals surface area contributed by atoms with E-state index < -0.39 is 0 Å². The molecule has 0 radical (unpaired) electrons. The molecule has 2 rings (SSSR count). The fourth-order valence-electron chi connectivity index (χ4n) is 1.42. The third-order valence-electron chi connectivity index (χ3n) is 2.10. The van der Waals surface area contributed by atoms with Gasteiger partial charge in [-0.15, -0.1) is 0 Å². The number of hydrogen-bond donors (Lipinski definition) is 1. The van der Waals surface area contributed by atoms with Crippen LogP contribution in [0.5, 0.6) is 0 Å². The van der Waals surface area contributed by atoms with Crippen molar-refractivity contribution < 1.29 is 0 Å². The van der Waals surface area contributed by atoms with Crippen LogP contribution in [0.2, 0.25) is 0 Å². The van der Waals surface area contributed by atoms with Crippen LogP contribution in [0.3, 0.4) is 0 Å². The van der Waals surface area contributed by atoms with Crippen molar-refractivity contribution in [3.05, 3.63) is 18.5 Å². The van der Waals surface area contributed by atoms with Gasteiger partial charge in [-0.25, -0.2) is 4.98 Å². The van der Waals surface area contributed by atoms with Crippen LogP contribution < -0.4 is 5.32 Å². The molecule has 2 heterocycles. The van der Waals surface area contributed by atoms with E-state index in [1.54, 1.807) is 11.3 Å². The zero-order chi connectivity index (χ0) is 10.7. The number of nitrogens with zero attached hydrogens (tertiary/aromatic N) is 3. The van der Waals surface area contributed by atoms with E-state index >= 15 is 0 Å².